The maximum absolute atomic E-state index is 13.1. The summed E-state index contributed by atoms with van der Waals surface area (Å²) in [6.07, 6.45) is 6.13. The van der Waals surface area contributed by atoms with Crippen molar-refractivity contribution in [2.75, 3.05) is 0 Å². The van der Waals surface area contributed by atoms with Crippen LogP contribution in [-0.2, 0) is 13.0 Å². The molecule has 2 heterocycles. The molecule has 0 radical (unpaired) electrons. The molecule has 0 saturated heterocycles. The van der Waals surface area contributed by atoms with Crippen LogP contribution in [0.5, 0.6) is 0 Å². The third-order valence-electron chi connectivity index (χ3n) is 6.65. The van der Waals surface area contributed by atoms with Crippen molar-refractivity contribution in [2.24, 2.45) is 5.92 Å². The van der Waals surface area contributed by atoms with Gasteiger partial charge in [0.05, 0.1) is 29.0 Å². The van der Waals surface area contributed by atoms with Gasteiger partial charge >= 0.3 is 0 Å². The van der Waals surface area contributed by atoms with Gasteiger partial charge in [-0.3, -0.25) is 9.59 Å². The number of nitrogens with zero attached hydrogens (tertiary/aromatic N) is 2. The van der Waals surface area contributed by atoms with Crippen LogP contribution in [0.25, 0.3) is 11.0 Å². The fourth-order valence-electron chi connectivity index (χ4n) is 4.58. The van der Waals surface area contributed by atoms with Crippen LogP contribution in [0.15, 0.2) is 22.9 Å². The second-order valence-electron chi connectivity index (χ2n) is 8.87. The molecule has 1 saturated carbocycles. The fourth-order valence-corrected chi connectivity index (χ4v) is 4.58. The Bertz CT molecular complexity index is 1170. The lowest BCUT2D eigenvalue weighted by atomic mass is 9.94. The van der Waals surface area contributed by atoms with Crippen LogP contribution in [0.2, 0.25) is 0 Å². The molecule has 30 heavy (non-hydrogen) atoms. The van der Waals surface area contributed by atoms with E-state index >= 15 is 0 Å². The number of imidazole rings is 1. The summed E-state index contributed by atoms with van der Waals surface area (Å²) in [6.45, 7) is 6.70. The first-order chi connectivity index (χ1) is 14.4. The van der Waals surface area contributed by atoms with Crippen molar-refractivity contribution >= 4 is 22.7 Å². The summed E-state index contributed by atoms with van der Waals surface area (Å²) >= 11 is 0. The molecule has 1 amide bonds. The molecule has 0 bridgehead atoms. The van der Waals surface area contributed by atoms with E-state index in [4.69, 9.17) is 4.42 Å². The molecule has 2 aliphatic carbocycles. The number of hydrogen-bond acceptors (Lipinski definition) is 4. The van der Waals surface area contributed by atoms with Crippen molar-refractivity contribution in [3.63, 3.8) is 0 Å². The molecule has 3 aromatic rings. The molecule has 1 aromatic carbocycles. The molecule has 1 N–H and O–H groups in total. The smallest absolute Gasteiger partial charge is 0.287 e. The maximum atomic E-state index is 13.1. The van der Waals surface area contributed by atoms with Gasteiger partial charge in [0.1, 0.15) is 5.76 Å². The zero-order chi connectivity index (χ0) is 21.0. The summed E-state index contributed by atoms with van der Waals surface area (Å²) < 4.78 is 7.99. The quantitative estimate of drug-likeness (QED) is 0.687. The summed E-state index contributed by atoms with van der Waals surface area (Å²) in [7, 11) is 0. The Labute approximate surface area is 175 Å². The topological polar surface area (TPSA) is 77.1 Å². The molecular formula is C24H27N3O3. The van der Waals surface area contributed by atoms with Crippen molar-refractivity contribution in [1.82, 2.24) is 14.9 Å². The number of carbonyl (C=O) groups is 2. The van der Waals surface area contributed by atoms with E-state index in [0.29, 0.717) is 41.5 Å². The Kier molecular flexibility index (Phi) is 4.53. The molecule has 0 spiro atoms. The summed E-state index contributed by atoms with van der Waals surface area (Å²) in [6, 6.07) is 4.29. The van der Waals surface area contributed by atoms with Gasteiger partial charge in [-0.15, -0.1) is 0 Å². The van der Waals surface area contributed by atoms with Crippen LogP contribution in [-0.4, -0.2) is 27.3 Å². The van der Waals surface area contributed by atoms with Crippen molar-refractivity contribution in [1.29, 1.82) is 0 Å². The summed E-state index contributed by atoms with van der Waals surface area (Å²) in [4.78, 5) is 29.9. The number of furan rings is 1. The highest BCUT2D eigenvalue weighted by Crippen LogP contribution is 2.35. The third kappa shape index (κ3) is 3.24. The van der Waals surface area contributed by atoms with Crippen LogP contribution in [0.4, 0.5) is 0 Å². The largest absolute Gasteiger partial charge is 0.455 e. The Morgan fingerprint density at radius 2 is 2.00 bits per heavy atom. The lowest BCUT2D eigenvalue weighted by molar-refractivity contribution is 0.0894. The van der Waals surface area contributed by atoms with Gasteiger partial charge < -0.3 is 14.3 Å². The number of aryl methyl sites for hydroxylation is 3. The van der Waals surface area contributed by atoms with E-state index in [1.165, 1.54) is 11.1 Å². The zero-order valence-electron chi connectivity index (χ0n) is 17.7. The second-order valence-corrected chi connectivity index (χ2v) is 8.87. The molecular weight excluding hydrogens is 378 g/mol. The number of ketones is 1. The van der Waals surface area contributed by atoms with Crippen molar-refractivity contribution < 1.29 is 14.0 Å². The van der Waals surface area contributed by atoms with Crippen LogP contribution < -0.4 is 5.32 Å². The molecule has 2 aliphatic rings. The predicted molar refractivity (Wildman–Crippen MR) is 114 cm³/mol. The minimum absolute atomic E-state index is 0.00809. The summed E-state index contributed by atoms with van der Waals surface area (Å²) in [5.41, 5.74) is 5.84. The zero-order valence-corrected chi connectivity index (χ0v) is 17.7. The molecule has 2 aromatic heterocycles. The van der Waals surface area contributed by atoms with E-state index in [2.05, 4.69) is 40.8 Å². The SMILES string of the molecule is Cc1cc2ncn(CC(NC(=O)c3oc4c(c3C)C(=O)CCC4)C3CC3)c2cc1C. The molecule has 6 nitrogen and oxygen atoms in total. The van der Waals surface area contributed by atoms with Gasteiger partial charge in [0.25, 0.3) is 5.91 Å². The normalized spacial score (nSPS) is 17.2. The van der Waals surface area contributed by atoms with E-state index in [9.17, 15) is 9.59 Å². The van der Waals surface area contributed by atoms with Gasteiger partial charge in [-0.2, -0.15) is 0 Å². The monoisotopic (exact) mass is 405 g/mol. The van der Waals surface area contributed by atoms with E-state index in [1.54, 1.807) is 0 Å². The summed E-state index contributed by atoms with van der Waals surface area (Å²) in [5.74, 6) is 1.30. The maximum Gasteiger partial charge on any atom is 0.287 e. The first-order valence-electron chi connectivity index (χ1n) is 10.8. The highest BCUT2D eigenvalue weighted by Gasteiger charge is 2.35. The number of aromatic nitrogens is 2. The van der Waals surface area contributed by atoms with Crippen molar-refractivity contribution in [2.45, 2.75) is 65.5 Å². The number of Topliss-reactive ketones (excluding diaryl/α,β-unsaturated/α-hetero) is 1. The highest BCUT2D eigenvalue weighted by molar-refractivity contribution is 6.03. The molecule has 1 atom stereocenters. The van der Waals surface area contributed by atoms with Gasteiger partial charge in [0.15, 0.2) is 11.5 Å². The van der Waals surface area contributed by atoms with Gasteiger partial charge in [0, 0.05) is 24.9 Å². The average Bonchev–Trinajstić information content (AvgIpc) is 3.41. The second kappa shape index (κ2) is 7.11. The van der Waals surface area contributed by atoms with E-state index < -0.39 is 0 Å². The third-order valence-corrected chi connectivity index (χ3v) is 6.65. The number of rotatable bonds is 5. The molecule has 5 rings (SSSR count). The molecule has 1 fully saturated rings. The van der Waals surface area contributed by atoms with Crippen LogP contribution in [0, 0.1) is 26.7 Å². The Morgan fingerprint density at radius 1 is 1.23 bits per heavy atom. The number of nitrogens with one attached hydrogen (secondary N) is 1. The predicted octanol–water partition coefficient (Wildman–Crippen LogP) is 4.28. The molecule has 6 heteroatoms. The first kappa shape index (κ1) is 19.1. The lowest BCUT2D eigenvalue weighted by Crippen LogP contribution is -2.39. The number of amides is 1. The van der Waals surface area contributed by atoms with Gasteiger partial charge in [-0.05, 0) is 69.2 Å². The number of fused-ring (bicyclic) bond motifs is 2. The van der Waals surface area contributed by atoms with Gasteiger partial charge in [-0.1, -0.05) is 0 Å². The van der Waals surface area contributed by atoms with Gasteiger partial charge in [0.2, 0.25) is 0 Å². The highest BCUT2D eigenvalue weighted by atomic mass is 16.4. The van der Waals surface area contributed by atoms with Gasteiger partial charge in [-0.25, -0.2) is 4.98 Å². The first-order valence-corrected chi connectivity index (χ1v) is 10.8. The van der Waals surface area contributed by atoms with Crippen LogP contribution in [0.1, 0.15) is 69.0 Å². The Morgan fingerprint density at radius 3 is 2.73 bits per heavy atom. The van der Waals surface area contributed by atoms with E-state index in [0.717, 1.165) is 36.7 Å². The minimum Gasteiger partial charge on any atom is -0.455 e. The minimum atomic E-state index is -0.219. The van der Waals surface area contributed by atoms with Crippen molar-refractivity contribution in [3.05, 3.63) is 52.2 Å². The number of benzene rings is 1. The molecule has 0 aliphatic heterocycles. The number of hydrogen-bond donors (Lipinski definition) is 1. The van der Waals surface area contributed by atoms with Crippen molar-refractivity contribution in [3.8, 4) is 0 Å². The number of carbonyl (C=O) groups excluding carboxylic acids is 2. The standard InChI is InChI=1S/C24H27N3O3/c1-13-9-17-19(10-14(13)2)27(12-25-17)11-18(16-7-8-16)26-24(29)23-15(3)22-20(28)5-4-6-21(22)30-23/h9-10,12,16,18H,4-8,11H2,1-3H3,(H,26,29). The Balaban J connectivity index is 1.40. The van der Waals surface area contributed by atoms with Crippen LogP contribution >= 0.6 is 0 Å². The lowest BCUT2D eigenvalue weighted by Gasteiger charge is -2.19. The Hall–Kier alpha value is -2.89. The summed E-state index contributed by atoms with van der Waals surface area (Å²) in [5, 5.41) is 3.20. The van der Waals surface area contributed by atoms with E-state index in [-0.39, 0.29) is 17.7 Å². The fraction of sp³-hybridized carbons (Fsp3) is 0.458. The van der Waals surface area contributed by atoms with E-state index in [1.807, 2.05) is 13.3 Å². The molecule has 156 valence electrons. The molecule has 1 unspecified atom stereocenters. The average molecular weight is 405 g/mol. The van der Waals surface area contributed by atoms with Crippen LogP contribution in [0.3, 0.4) is 0 Å².